The first-order valence-corrected chi connectivity index (χ1v) is 6.98. The van der Waals surface area contributed by atoms with Crippen molar-refractivity contribution in [2.45, 2.75) is 52.2 Å². The topological polar surface area (TPSA) is 29.5 Å². The maximum Gasteiger partial charge on any atom is 0.0634 e. The summed E-state index contributed by atoms with van der Waals surface area (Å²) in [6, 6.07) is 6.32. The second-order valence-electron chi connectivity index (χ2n) is 5.41. The van der Waals surface area contributed by atoms with Crippen molar-refractivity contribution in [2.24, 2.45) is 5.92 Å². The lowest BCUT2D eigenvalue weighted by atomic mass is 9.87. The second kappa shape index (κ2) is 5.85. The molecule has 18 heavy (non-hydrogen) atoms. The zero-order valence-electron chi connectivity index (χ0n) is 11.6. The van der Waals surface area contributed by atoms with E-state index in [1.165, 1.54) is 16.7 Å². The Morgan fingerprint density at radius 3 is 2.61 bits per heavy atom. The van der Waals surface area contributed by atoms with E-state index >= 15 is 0 Å². The van der Waals surface area contributed by atoms with Gasteiger partial charge in [-0.1, -0.05) is 25.1 Å². The SMILES string of the molecule is CCC1OCCC1C(O)Cc1c(C)cccc1C. The van der Waals surface area contributed by atoms with Crippen molar-refractivity contribution in [3.63, 3.8) is 0 Å². The number of hydrogen-bond acceptors (Lipinski definition) is 2. The Hall–Kier alpha value is -0.860. The molecule has 0 aliphatic carbocycles. The van der Waals surface area contributed by atoms with Gasteiger partial charge >= 0.3 is 0 Å². The molecule has 2 nitrogen and oxygen atoms in total. The third-order valence-corrected chi connectivity index (χ3v) is 4.21. The maximum atomic E-state index is 10.5. The molecule has 1 fully saturated rings. The lowest BCUT2D eigenvalue weighted by Crippen LogP contribution is -2.30. The summed E-state index contributed by atoms with van der Waals surface area (Å²) in [6.45, 7) is 7.18. The largest absolute Gasteiger partial charge is 0.392 e. The molecule has 0 saturated carbocycles. The average molecular weight is 248 g/mol. The lowest BCUT2D eigenvalue weighted by molar-refractivity contribution is 0.0316. The van der Waals surface area contributed by atoms with Crippen LogP contribution in [-0.4, -0.2) is 23.9 Å². The molecular formula is C16H24O2. The van der Waals surface area contributed by atoms with Crippen molar-refractivity contribution in [3.8, 4) is 0 Å². The summed E-state index contributed by atoms with van der Waals surface area (Å²) < 4.78 is 5.67. The zero-order valence-corrected chi connectivity index (χ0v) is 11.6. The Bertz CT molecular complexity index is 380. The van der Waals surface area contributed by atoms with E-state index < -0.39 is 0 Å². The van der Waals surface area contributed by atoms with Crippen molar-refractivity contribution >= 4 is 0 Å². The third-order valence-electron chi connectivity index (χ3n) is 4.21. The Morgan fingerprint density at radius 2 is 2.00 bits per heavy atom. The van der Waals surface area contributed by atoms with Gasteiger partial charge in [-0.3, -0.25) is 0 Å². The summed E-state index contributed by atoms with van der Waals surface area (Å²) in [7, 11) is 0. The van der Waals surface area contributed by atoms with Gasteiger partial charge in [0.2, 0.25) is 0 Å². The fourth-order valence-electron chi connectivity index (χ4n) is 3.06. The Labute approximate surface area is 110 Å². The van der Waals surface area contributed by atoms with Crippen LogP contribution < -0.4 is 0 Å². The summed E-state index contributed by atoms with van der Waals surface area (Å²) in [6.07, 6.45) is 2.70. The molecule has 1 aromatic rings. The number of rotatable bonds is 4. The van der Waals surface area contributed by atoms with E-state index in [0.29, 0.717) is 5.92 Å². The molecular weight excluding hydrogens is 224 g/mol. The van der Waals surface area contributed by atoms with E-state index in [-0.39, 0.29) is 12.2 Å². The minimum atomic E-state index is -0.280. The van der Waals surface area contributed by atoms with Gasteiger partial charge in [0.05, 0.1) is 12.2 Å². The number of aliphatic hydroxyl groups is 1. The molecule has 3 atom stereocenters. The molecule has 1 N–H and O–H groups in total. The molecule has 1 heterocycles. The van der Waals surface area contributed by atoms with E-state index in [0.717, 1.165) is 25.9 Å². The van der Waals surface area contributed by atoms with Crippen molar-refractivity contribution in [2.75, 3.05) is 6.61 Å². The highest BCUT2D eigenvalue weighted by Crippen LogP contribution is 2.29. The summed E-state index contributed by atoms with van der Waals surface area (Å²) in [5.41, 5.74) is 3.86. The summed E-state index contributed by atoms with van der Waals surface area (Å²) in [5.74, 6) is 0.300. The van der Waals surface area contributed by atoms with Crippen molar-refractivity contribution in [1.29, 1.82) is 0 Å². The zero-order chi connectivity index (χ0) is 13.1. The Balaban J connectivity index is 2.09. The maximum absolute atomic E-state index is 10.5. The van der Waals surface area contributed by atoms with Crippen LogP contribution in [0.25, 0.3) is 0 Å². The highest BCUT2D eigenvalue weighted by Gasteiger charge is 2.32. The first kappa shape index (κ1) is 13.6. The molecule has 0 amide bonds. The van der Waals surface area contributed by atoms with Crippen molar-refractivity contribution in [3.05, 3.63) is 34.9 Å². The van der Waals surface area contributed by atoms with Gasteiger partial charge in [0.25, 0.3) is 0 Å². The number of aliphatic hydroxyl groups excluding tert-OH is 1. The van der Waals surface area contributed by atoms with Gasteiger partial charge in [-0.05, 0) is 49.8 Å². The van der Waals surface area contributed by atoms with Crippen LogP contribution >= 0.6 is 0 Å². The first-order chi connectivity index (χ1) is 8.63. The van der Waals surface area contributed by atoms with E-state index in [9.17, 15) is 5.11 Å². The molecule has 1 aromatic carbocycles. The van der Waals surface area contributed by atoms with Crippen LogP contribution in [0.4, 0.5) is 0 Å². The van der Waals surface area contributed by atoms with Gasteiger partial charge in [0.15, 0.2) is 0 Å². The van der Waals surface area contributed by atoms with E-state index in [1.807, 2.05) is 0 Å². The quantitative estimate of drug-likeness (QED) is 0.887. The van der Waals surface area contributed by atoms with Gasteiger partial charge in [-0.2, -0.15) is 0 Å². The van der Waals surface area contributed by atoms with Crippen LogP contribution in [0.2, 0.25) is 0 Å². The number of aryl methyl sites for hydroxylation is 2. The van der Waals surface area contributed by atoms with Crippen LogP contribution in [0, 0.1) is 19.8 Å². The standard InChI is InChI=1S/C16H24O2/c1-4-16-13(8-9-18-16)15(17)10-14-11(2)6-5-7-12(14)3/h5-7,13,15-17H,4,8-10H2,1-3H3. The van der Waals surface area contributed by atoms with E-state index in [4.69, 9.17) is 4.74 Å². The molecule has 0 bridgehead atoms. The molecule has 2 rings (SSSR count). The van der Waals surface area contributed by atoms with Crippen molar-refractivity contribution in [1.82, 2.24) is 0 Å². The fourth-order valence-corrected chi connectivity index (χ4v) is 3.06. The monoisotopic (exact) mass is 248 g/mol. The lowest BCUT2D eigenvalue weighted by Gasteiger charge is -2.24. The number of hydrogen-bond donors (Lipinski definition) is 1. The normalized spacial score (nSPS) is 25.3. The molecule has 0 aromatic heterocycles. The minimum Gasteiger partial charge on any atom is -0.392 e. The summed E-state index contributed by atoms with van der Waals surface area (Å²) in [4.78, 5) is 0. The Kier molecular flexibility index (Phi) is 4.41. The summed E-state index contributed by atoms with van der Waals surface area (Å²) in [5, 5.41) is 10.5. The van der Waals surface area contributed by atoms with E-state index in [2.05, 4.69) is 39.0 Å². The first-order valence-electron chi connectivity index (χ1n) is 6.98. The molecule has 1 aliphatic rings. The highest BCUT2D eigenvalue weighted by molar-refractivity contribution is 5.34. The fraction of sp³-hybridized carbons (Fsp3) is 0.625. The van der Waals surface area contributed by atoms with Gasteiger partial charge in [0, 0.05) is 12.5 Å². The number of benzene rings is 1. The smallest absolute Gasteiger partial charge is 0.0634 e. The molecule has 0 radical (unpaired) electrons. The Morgan fingerprint density at radius 1 is 1.33 bits per heavy atom. The van der Waals surface area contributed by atoms with Crippen LogP contribution in [0.3, 0.4) is 0 Å². The predicted octanol–water partition coefficient (Wildman–Crippen LogP) is 3.02. The molecule has 3 unspecified atom stereocenters. The molecule has 1 saturated heterocycles. The highest BCUT2D eigenvalue weighted by atomic mass is 16.5. The molecule has 2 heteroatoms. The van der Waals surface area contributed by atoms with Crippen molar-refractivity contribution < 1.29 is 9.84 Å². The molecule has 100 valence electrons. The molecule has 1 aliphatic heterocycles. The molecule has 0 spiro atoms. The van der Waals surface area contributed by atoms with Crippen LogP contribution in [0.15, 0.2) is 18.2 Å². The third kappa shape index (κ3) is 2.76. The predicted molar refractivity (Wildman–Crippen MR) is 73.8 cm³/mol. The minimum absolute atomic E-state index is 0.240. The van der Waals surface area contributed by atoms with E-state index in [1.54, 1.807) is 0 Å². The van der Waals surface area contributed by atoms with Gasteiger partial charge in [-0.25, -0.2) is 0 Å². The average Bonchev–Trinajstić information content (AvgIpc) is 2.82. The number of ether oxygens (including phenoxy) is 1. The van der Waals surface area contributed by atoms with Crippen LogP contribution in [0.5, 0.6) is 0 Å². The summed E-state index contributed by atoms with van der Waals surface area (Å²) >= 11 is 0. The second-order valence-corrected chi connectivity index (χ2v) is 5.41. The van der Waals surface area contributed by atoms with Gasteiger partial charge in [-0.15, -0.1) is 0 Å². The van der Waals surface area contributed by atoms with Gasteiger partial charge in [0.1, 0.15) is 0 Å². The van der Waals surface area contributed by atoms with Crippen LogP contribution in [0.1, 0.15) is 36.5 Å². The van der Waals surface area contributed by atoms with Gasteiger partial charge < -0.3 is 9.84 Å². The van der Waals surface area contributed by atoms with Crippen LogP contribution in [-0.2, 0) is 11.2 Å².